The number of amides is 2. The van der Waals surface area contributed by atoms with Crippen LogP contribution >= 0.6 is 11.3 Å². The van der Waals surface area contributed by atoms with Gasteiger partial charge in [-0.15, -0.1) is 11.3 Å². The van der Waals surface area contributed by atoms with E-state index < -0.39 is 0 Å². The summed E-state index contributed by atoms with van der Waals surface area (Å²) in [5, 5.41) is 3.47. The fourth-order valence-corrected chi connectivity index (χ4v) is 4.30. The molecule has 142 valence electrons. The molecule has 1 N–H and O–H groups in total. The van der Waals surface area contributed by atoms with Crippen LogP contribution in [-0.4, -0.2) is 34.8 Å². The fraction of sp³-hybridized carbons (Fsp3) is 0.476. The number of nitrogens with one attached hydrogen (secondary N) is 1. The maximum atomic E-state index is 13.0. The van der Waals surface area contributed by atoms with Crippen molar-refractivity contribution < 1.29 is 9.59 Å². The molecule has 2 aliphatic rings. The first-order valence-electron chi connectivity index (χ1n) is 9.59. The lowest BCUT2D eigenvalue weighted by Crippen LogP contribution is -2.40. The second-order valence-electron chi connectivity index (χ2n) is 7.73. The maximum Gasteiger partial charge on any atom is 0.245 e. The highest BCUT2D eigenvalue weighted by Gasteiger charge is 2.46. The Bertz CT molecular complexity index is 825. The van der Waals surface area contributed by atoms with E-state index in [1.54, 1.807) is 4.90 Å². The predicted octanol–water partition coefficient (Wildman–Crippen LogP) is 3.74. The van der Waals surface area contributed by atoms with Crippen molar-refractivity contribution in [2.24, 2.45) is 11.8 Å². The van der Waals surface area contributed by atoms with Crippen LogP contribution in [0.25, 0.3) is 0 Å². The van der Waals surface area contributed by atoms with E-state index in [2.05, 4.69) is 22.4 Å². The van der Waals surface area contributed by atoms with Gasteiger partial charge in [-0.1, -0.05) is 30.3 Å². The number of benzene rings is 1. The third kappa shape index (κ3) is 4.38. The van der Waals surface area contributed by atoms with Crippen molar-refractivity contribution >= 4 is 28.3 Å². The van der Waals surface area contributed by atoms with Crippen LogP contribution in [0, 0.1) is 25.7 Å². The lowest BCUT2D eigenvalue weighted by molar-refractivity contribution is -0.136. The van der Waals surface area contributed by atoms with Crippen molar-refractivity contribution in [3.63, 3.8) is 0 Å². The molecule has 27 heavy (non-hydrogen) atoms. The Kier molecular flexibility index (Phi) is 5.00. The van der Waals surface area contributed by atoms with Gasteiger partial charge in [0.1, 0.15) is 0 Å². The van der Waals surface area contributed by atoms with Gasteiger partial charge in [0, 0.05) is 17.3 Å². The normalized spacial score (nSPS) is 21.0. The van der Waals surface area contributed by atoms with Gasteiger partial charge in [-0.3, -0.25) is 9.59 Å². The number of hydrogen-bond acceptors (Lipinski definition) is 4. The molecule has 0 radical (unpaired) electrons. The second kappa shape index (κ2) is 7.43. The van der Waals surface area contributed by atoms with Crippen molar-refractivity contribution in [1.82, 2.24) is 9.88 Å². The summed E-state index contributed by atoms with van der Waals surface area (Å²) in [5.41, 5.74) is 2.16. The Morgan fingerprint density at radius 1 is 1.22 bits per heavy atom. The molecule has 1 heterocycles. The summed E-state index contributed by atoms with van der Waals surface area (Å²) in [6.45, 7) is 4.73. The Labute approximate surface area is 163 Å². The topological polar surface area (TPSA) is 62.3 Å². The summed E-state index contributed by atoms with van der Waals surface area (Å²) in [6.07, 6.45) is 3.20. The van der Waals surface area contributed by atoms with E-state index in [0.717, 1.165) is 29.8 Å². The minimum Gasteiger partial charge on any atom is -0.333 e. The molecule has 5 nitrogen and oxygen atoms in total. The molecule has 6 heteroatoms. The Hall–Kier alpha value is -2.21. The number of hydrogen-bond donors (Lipinski definition) is 1. The van der Waals surface area contributed by atoms with Gasteiger partial charge in [0.05, 0.1) is 12.2 Å². The number of carbonyl (C=O) groups is 2. The number of aryl methyl sites for hydroxylation is 2. The number of rotatable bonds is 7. The average Bonchev–Trinajstić information content (AvgIpc) is 3.55. The molecule has 0 bridgehead atoms. The molecule has 0 spiro atoms. The van der Waals surface area contributed by atoms with E-state index in [0.29, 0.717) is 23.5 Å². The van der Waals surface area contributed by atoms with Crippen LogP contribution in [0.2, 0.25) is 0 Å². The molecule has 2 fully saturated rings. The van der Waals surface area contributed by atoms with E-state index in [9.17, 15) is 9.59 Å². The number of nitrogens with zero attached hydrogens (tertiary/aromatic N) is 2. The molecule has 4 rings (SSSR count). The Morgan fingerprint density at radius 2 is 1.96 bits per heavy atom. The van der Waals surface area contributed by atoms with Crippen LogP contribution in [-0.2, 0) is 9.59 Å². The van der Waals surface area contributed by atoms with Crippen molar-refractivity contribution in [2.45, 2.75) is 39.0 Å². The van der Waals surface area contributed by atoms with E-state index in [4.69, 9.17) is 0 Å². The highest BCUT2D eigenvalue weighted by atomic mass is 32.1. The van der Waals surface area contributed by atoms with Crippen LogP contribution in [0.4, 0.5) is 5.13 Å². The van der Waals surface area contributed by atoms with Gasteiger partial charge < -0.3 is 10.2 Å². The Balaban J connectivity index is 1.39. The molecule has 2 aromatic rings. The van der Waals surface area contributed by atoms with Crippen molar-refractivity contribution in [2.75, 3.05) is 18.4 Å². The summed E-state index contributed by atoms with van der Waals surface area (Å²) in [4.78, 5) is 32.8. The molecule has 1 aromatic carbocycles. The van der Waals surface area contributed by atoms with Crippen LogP contribution in [0.3, 0.4) is 0 Å². The molecule has 2 unspecified atom stereocenters. The summed E-state index contributed by atoms with van der Waals surface area (Å²) in [6, 6.07) is 10.2. The maximum absolute atomic E-state index is 13.0. The monoisotopic (exact) mass is 383 g/mol. The van der Waals surface area contributed by atoms with Crippen molar-refractivity contribution in [1.29, 1.82) is 0 Å². The Morgan fingerprint density at radius 3 is 2.59 bits per heavy atom. The molecule has 2 atom stereocenters. The third-order valence-electron chi connectivity index (χ3n) is 5.43. The molecule has 1 aromatic heterocycles. The highest BCUT2D eigenvalue weighted by Crippen LogP contribution is 2.48. The first-order valence-corrected chi connectivity index (χ1v) is 10.4. The van der Waals surface area contributed by atoms with Gasteiger partial charge in [-0.2, -0.15) is 0 Å². The van der Waals surface area contributed by atoms with Gasteiger partial charge in [0.25, 0.3) is 0 Å². The lowest BCUT2D eigenvalue weighted by Gasteiger charge is -2.22. The molecule has 2 aliphatic carbocycles. The minimum absolute atomic E-state index is 0.0169. The van der Waals surface area contributed by atoms with Gasteiger partial charge in [-0.25, -0.2) is 4.98 Å². The average molecular weight is 384 g/mol. The van der Waals surface area contributed by atoms with E-state index in [1.165, 1.54) is 16.9 Å². The molecule has 2 saturated carbocycles. The smallest absolute Gasteiger partial charge is 0.245 e. The third-order valence-corrected chi connectivity index (χ3v) is 6.42. The first-order chi connectivity index (χ1) is 13.0. The molecular weight excluding hydrogens is 358 g/mol. The van der Waals surface area contributed by atoms with Gasteiger partial charge in [-0.05, 0) is 50.5 Å². The van der Waals surface area contributed by atoms with E-state index >= 15 is 0 Å². The number of anilines is 1. The molecule has 2 amide bonds. The zero-order chi connectivity index (χ0) is 19.0. The lowest BCUT2D eigenvalue weighted by atomic mass is 10.1. The first kappa shape index (κ1) is 18.2. The quantitative estimate of drug-likeness (QED) is 0.792. The van der Waals surface area contributed by atoms with Crippen molar-refractivity contribution in [3.8, 4) is 0 Å². The summed E-state index contributed by atoms with van der Waals surface area (Å²) < 4.78 is 0. The summed E-state index contributed by atoms with van der Waals surface area (Å²) in [7, 11) is 0. The van der Waals surface area contributed by atoms with E-state index in [1.807, 2.05) is 32.0 Å². The van der Waals surface area contributed by atoms with Crippen LogP contribution in [0.1, 0.15) is 41.3 Å². The van der Waals surface area contributed by atoms with Crippen LogP contribution < -0.4 is 5.32 Å². The molecule has 0 saturated heterocycles. The largest absolute Gasteiger partial charge is 0.333 e. The van der Waals surface area contributed by atoms with Gasteiger partial charge >= 0.3 is 0 Å². The van der Waals surface area contributed by atoms with Crippen LogP contribution in [0.15, 0.2) is 30.3 Å². The standard InChI is InChI=1S/C21H25N3O2S/c1-13-14(2)27-21(22-13)23-19(25)12-24(11-15-8-9-15)20(26)18-10-17(18)16-6-4-3-5-7-16/h3-7,15,17-18H,8-12H2,1-2H3,(H,22,23,25). The highest BCUT2D eigenvalue weighted by molar-refractivity contribution is 7.15. The number of carbonyl (C=O) groups excluding carboxylic acids is 2. The zero-order valence-corrected chi connectivity index (χ0v) is 16.6. The predicted molar refractivity (Wildman–Crippen MR) is 107 cm³/mol. The van der Waals surface area contributed by atoms with Gasteiger partial charge in [0.15, 0.2) is 5.13 Å². The van der Waals surface area contributed by atoms with E-state index in [-0.39, 0.29) is 24.3 Å². The SMILES string of the molecule is Cc1nc(NC(=O)CN(CC2CC2)C(=O)C2CC2c2ccccc2)sc1C. The summed E-state index contributed by atoms with van der Waals surface area (Å²) in [5.74, 6) is 0.836. The summed E-state index contributed by atoms with van der Waals surface area (Å²) >= 11 is 1.47. The zero-order valence-electron chi connectivity index (χ0n) is 15.8. The fourth-order valence-electron chi connectivity index (χ4n) is 3.47. The minimum atomic E-state index is -0.158. The number of aromatic nitrogens is 1. The van der Waals surface area contributed by atoms with Crippen molar-refractivity contribution in [3.05, 3.63) is 46.5 Å². The van der Waals surface area contributed by atoms with Gasteiger partial charge in [0.2, 0.25) is 11.8 Å². The second-order valence-corrected chi connectivity index (χ2v) is 8.93. The molecule has 0 aliphatic heterocycles. The van der Waals surface area contributed by atoms with Crippen LogP contribution in [0.5, 0.6) is 0 Å². The molecular formula is C21H25N3O2S. The number of thiazole rings is 1.